The lowest BCUT2D eigenvalue weighted by atomic mass is 10.2. The average Bonchev–Trinajstić information content (AvgIpc) is 2.95. The first-order valence-corrected chi connectivity index (χ1v) is 12.6. The number of hydrazone groups is 1. The van der Waals surface area contributed by atoms with E-state index in [0.29, 0.717) is 23.7 Å². The lowest BCUT2D eigenvalue weighted by Gasteiger charge is -2.36. The number of phenols is 1. The van der Waals surface area contributed by atoms with Crippen LogP contribution in [0.25, 0.3) is 0 Å². The van der Waals surface area contributed by atoms with E-state index >= 15 is 0 Å². The fourth-order valence-corrected chi connectivity index (χ4v) is 4.27. The van der Waals surface area contributed by atoms with Crippen molar-refractivity contribution in [3.05, 3.63) is 76.8 Å². The lowest BCUT2D eigenvalue weighted by Crippen LogP contribution is -2.47. The molecule has 4 rings (SSSR count). The number of halogens is 1. The molecule has 1 aliphatic heterocycles. The Hall–Kier alpha value is -3.95. The molecule has 1 heterocycles. The Morgan fingerprint density at radius 2 is 1.84 bits per heavy atom. The second kappa shape index (κ2) is 13.0. The number of carbonyl (C=O) groups excluding carboxylic acids is 1. The molecule has 9 nitrogen and oxygen atoms in total. The van der Waals surface area contributed by atoms with Crippen LogP contribution in [-0.2, 0) is 0 Å². The summed E-state index contributed by atoms with van der Waals surface area (Å²) in [5.74, 6) is 1.59. The van der Waals surface area contributed by atoms with Crippen molar-refractivity contribution in [3.8, 4) is 23.0 Å². The zero-order valence-corrected chi connectivity index (χ0v) is 22.1. The van der Waals surface area contributed by atoms with Crippen LogP contribution in [0.5, 0.6) is 23.0 Å². The van der Waals surface area contributed by atoms with Gasteiger partial charge in [0.2, 0.25) is 0 Å². The van der Waals surface area contributed by atoms with Gasteiger partial charge in [-0.15, -0.1) is 0 Å². The van der Waals surface area contributed by atoms with E-state index in [1.165, 1.54) is 30.1 Å². The summed E-state index contributed by atoms with van der Waals surface area (Å²) in [5.41, 5.74) is 4.58. The van der Waals surface area contributed by atoms with Gasteiger partial charge in [0.05, 0.1) is 25.5 Å². The van der Waals surface area contributed by atoms with Crippen molar-refractivity contribution in [2.75, 3.05) is 58.5 Å². The van der Waals surface area contributed by atoms with Crippen LogP contribution < -0.4 is 24.5 Å². The molecule has 1 amide bonds. The maximum absolute atomic E-state index is 12.2. The number of amides is 1. The molecule has 3 aromatic carbocycles. The number of hydrogen-bond acceptors (Lipinski definition) is 8. The Morgan fingerprint density at radius 3 is 2.58 bits per heavy atom. The van der Waals surface area contributed by atoms with E-state index in [0.717, 1.165) is 38.5 Å². The van der Waals surface area contributed by atoms with E-state index in [1.54, 1.807) is 20.3 Å². The molecular formula is C28H31ClN4O5. The van der Waals surface area contributed by atoms with Gasteiger partial charge in [-0.25, -0.2) is 5.43 Å². The van der Waals surface area contributed by atoms with Crippen LogP contribution in [0.3, 0.4) is 0 Å². The average molecular weight is 539 g/mol. The molecular weight excluding hydrogens is 508 g/mol. The summed E-state index contributed by atoms with van der Waals surface area (Å²) >= 11 is 5.86. The Morgan fingerprint density at radius 1 is 1.03 bits per heavy atom. The van der Waals surface area contributed by atoms with Gasteiger partial charge in [-0.1, -0.05) is 17.7 Å². The van der Waals surface area contributed by atoms with Crippen LogP contribution in [0.15, 0.2) is 65.8 Å². The molecule has 0 radical (unpaired) electrons. The number of piperazine rings is 1. The topological polar surface area (TPSA) is 95.9 Å². The number of anilines is 1. The third-order valence-corrected chi connectivity index (χ3v) is 6.55. The fraction of sp³-hybridized carbons (Fsp3) is 0.286. The van der Waals surface area contributed by atoms with Crippen LogP contribution in [0.4, 0.5) is 5.69 Å². The maximum atomic E-state index is 12.2. The highest BCUT2D eigenvalue weighted by atomic mass is 35.5. The van der Waals surface area contributed by atoms with E-state index in [9.17, 15) is 9.90 Å². The van der Waals surface area contributed by atoms with Gasteiger partial charge in [0.1, 0.15) is 29.6 Å². The number of nitrogens with zero attached hydrogens (tertiary/aromatic N) is 3. The number of phenolic OH excluding ortho intramolecular Hbond substituents is 1. The third-order valence-electron chi connectivity index (χ3n) is 6.25. The van der Waals surface area contributed by atoms with Crippen LogP contribution in [0, 0.1) is 0 Å². The van der Waals surface area contributed by atoms with Crippen molar-refractivity contribution in [2.45, 2.75) is 0 Å². The van der Waals surface area contributed by atoms with E-state index in [2.05, 4.69) is 32.5 Å². The molecule has 0 aliphatic carbocycles. The van der Waals surface area contributed by atoms with E-state index in [-0.39, 0.29) is 16.3 Å². The van der Waals surface area contributed by atoms with Crippen molar-refractivity contribution < 1.29 is 24.1 Å². The number of hydrogen-bond donors (Lipinski definition) is 2. The first-order chi connectivity index (χ1) is 18.5. The molecule has 10 heteroatoms. The molecule has 0 saturated carbocycles. The van der Waals surface area contributed by atoms with Gasteiger partial charge in [-0.3, -0.25) is 9.69 Å². The lowest BCUT2D eigenvalue weighted by molar-refractivity contribution is 0.0955. The highest BCUT2D eigenvalue weighted by molar-refractivity contribution is 6.32. The van der Waals surface area contributed by atoms with Crippen molar-refractivity contribution in [2.24, 2.45) is 5.10 Å². The minimum absolute atomic E-state index is 0.0919. The molecule has 0 spiro atoms. The van der Waals surface area contributed by atoms with Crippen LogP contribution in [0.2, 0.25) is 5.02 Å². The van der Waals surface area contributed by atoms with Crippen molar-refractivity contribution in [1.82, 2.24) is 10.3 Å². The first-order valence-electron chi connectivity index (χ1n) is 12.2. The maximum Gasteiger partial charge on any atom is 0.271 e. The second-order valence-corrected chi connectivity index (χ2v) is 9.05. The molecule has 2 N–H and O–H groups in total. The number of benzene rings is 3. The summed E-state index contributed by atoms with van der Waals surface area (Å²) in [7, 11) is 3.25. The van der Waals surface area contributed by atoms with Gasteiger partial charge in [0, 0.05) is 61.7 Å². The van der Waals surface area contributed by atoms with Crippen molar-refractivity contribution in [3.63, 3.8) is 0 Å². The van der Waals surface area contributed by atoms with Gasteiger partial charge in [0.25, 0.3) is 5.91 Å². The molecule has 0 unspecified atom stereocenters. The highest BCUT2D eigenvalue weighted by Crippen LogP contribution is 2.25. The van der Waals surface area contributed by atoms with Crippen molar-refractivity contribution >= 4 is 29.4 Å². The number of nitrogens with one attached hydrogen (secondary N) is 1. The third kappa shape index (κ3) is 7.08. The molecule has 0 atom stereocenters. The summed E-state index contributed by atoms with van der Waals surface area (Å²) in [6.45, 7) is 5.20. The summed E-state index contributed by atoms with van der Waals surface area (Å²) in [6, 6.07) is 17.8. The quantitative estimate of drug-likeness (QED) is 0.297. The molecule has 1 saturated heterocycles. The number of carbonyl (C=O) groups is 1. The summed E-state index contributed by atoms with van der Waals surface area (Å²) in [4.78, 5) is 17.0. The highest BCUT2D eigenvalue weighted by Gasteiger charge is 2.17. The number of methoxy groups -OCH3 is 2. The molecule has 0 bridgehead atoms. The van der Waals surface area contributed by atoms with Gasteiger partial charge in [-0.2, -0.15) is 5.10 Å². The molecule has 200 valence electrons. The van der Waals surface area contributed by atoms with Gasteiger partial charge in [-0.05, 0) is 42.5 Å². The minimum atomic E-state index is -0.452. The van der Waals surface area contributed by atoms with Crippen molar-refractivity contribution in [1.29, 1.82) is 0 Å². The Labute approximate surface area is 227 Å². The van der Waals surface area contributed by atoms with Crippen LogP contribution in [0.1, 0.15) is 15.9 Å². The van der Waals surface area contributed by atoms with E-state index in [1.807, 2.05) is 24.3 Å². The molecule has 1 aliphatic rings. The normalized spacial score (nSPS) is 13.9. The SMILES string of the molecule is COc1cccc(N2CCN(CCOc3ccc(/C=N/NC(=O)c4ccc(O)c(Cl)c4)c(OC)c3)CC2)c1. The molecule has 1 fully saturated rings. The molecule has 3 aromatic rings. The standard InChI is InChI=1S/C28H31ClN4O5/c1-36-23-5-3-4-22(17-23)33-12-10-32(11-13-33)14-15-38-24-8-6-21(27(18-24)37-2)19-30-31-28(35)20-7-9-26(34)25(29)16-20/h3-9,16-19,34H,10-15H2,1-2H3,(H,31,35)/b30-19+. The minimum Gasteiger partial charge on any atom is -0.506 e. The number of rotatable bonds is 10. The summed E-state index contributed by atoms with van der Waals surface area (Å²) in [6.07, 6.45) is 1.49. The smallest absolute Gasteiger partial charge is 0.271 e. The summed E-state index contributed by atoms with van der Waals surface area (Å²) in [5, 5.41) is 13.6. The zero-order chi connectivity index (χ0) is 26.9. The zero-order valence-electron chi connectivity index (χ0n) is 21.4. The monoisotopic (exact) mass is 538 g/mol. The van der Waals surface area contributed by atoms with Crippen LogP contribution >= 0.6 is 11.6 Å². The predicted molar refractivity (Wildman–Crippen MR) is 148 cm³/mol. The predicted octanol–water partition coefficient (Wildman–Crippen LogP) is 4.03. The Balaban J connectivity index is 1.24. The van der Waals surface area contributed by atoms with Gasteiger partial charge < -0.3 is 24.2 Å². The largest absolute Gasteiger partial charge is 0.506 e. The Kier molecular flexibility index (Phi) is 9.29. The summed E-state index contributed by atoms with van der Waals surface area (Å²) < 4.78 is 16.8. The van der Waals surface area contributed by atoms with Gasteiger partial charge in [0.15, 0.2) is 0 Å². The van der Waals surface area contributed by atoms with Gasteiger partial charge >= 0.3 is 0 Å². The van der Waals surface area contributed by atoms with E-state index in [4.69, 9.17) is 25.8 Å². The first kappa shape index (κ1) is 27.1. The van der Waals surface area contributed by atoms with Crippen LogP contribution in [-0.4, -0.2) is 75.7 Å². The molecule has 0 aromatic heterocycles. The number of aromatic hydroxyl groups is 1. The Bertz CT molecular complexity index is 1280. The second-order valence-electron chi connectivity index (χ2n) is 8.65. The molecule has 38 heavy (non-hydrogen) atoms. The number of ether oxygens (including phenoxy) is 3. The fourth-order valence-electron chi connectivity index (χ4n) is 4.09. The van der Waals surface area contributed by atoms with E-state index < -0.39 is 5.91 Å².